The van der Waals surface area contributed by atoms with E-state index in [1.807, 2.05) is 11.8 Å². The molecule has 0 amide bonds. The molecule has 0 unspecified atom stereocenters. The highest BCUT2D eigenvalue weighted by Gasteiger charge is 2.21. The summed E-state index contributed by atoms with van der Waals surface area (Å²) in [6.07, 6.45) is 0. The summed E-state index contributed by atoms with van der Waals surface area (Å²) in [7, 11) is 0. The molecule has 1 aliphatic rings. The third-order valence-corrected chi connectivity index (χ3v) is 10.5. The average molecular weight is 561 g/mol. The van der Waals surface area contributed by atoms with E-state index in [1.165, 1.54) is 97.0 Å². The molecule has 1 heterocycles. The van der Waals surface area contributed by atoms with Crippen LogP contribution in [0.4, 0.5) is 0 Å². The SMILES string of the molecule is c1ccc2c(c1)Sc1ccc(-c3cc(-c4ccc5ccc6cccc7ccc4c5c67)cc4ccccc34)c3cccc-2c13. The van der Waals surface area contributed by atoms with Crippen LogP contribution >= 0.6 is 11.8 Å². The van der Waals surface area contributed by atoms with Crippen molar-refractivity contribution in [2.45, 2.75) is 9.79 Å². The fourth-order valence-corrected chi connectivity index (χ4v) is 8.62. The van der Waals surface area contributed by atoms with Crippen molar-refractivity contribution in [3.63, 3.8) is 0 Å². The molecular formula is C42H24S. The van der Waals surface area contributed by atoms with Crippen molar-refractivity contribution in [2.24, 2.45) is 0 Å². The summed E-state index contributed by atoms with van der Waals surface area (Å²) in [5, 5.41) is 13.2. The molecular weight excluding hydrogens is 537 g/mol. The highest BCUT2D eigenvalue weighted by molar-refractivity contribution is 7.99. The third kappa shape index (κ3) is 3.29. The van der Waals surface area contributed by atoms with Crippen LogP contribution in [0.5, 0.6) is 0 Å². The molecule has 0 aliphatic carbocycles. The predicted octanol–water partition coefficient (Wildman–Crippen LogP) is 12.4. The molecule has 0 radical (unpaired) electrons. The van der Waals surface area contributed by atoms with Gasteiger partial charge in [-0.3, -0.25) is 0 Å². The van der Waals surface area contributed by atoms with Gasteiger partial charge in [0.2, 0.25) is 0 Å². The first-order valence-corrected chi connectivity index (χ1v) is 15.7. The van der Waals surface area contributed by atoms with Crippen LogP contribution in [0.15, 0.2) is 155 Å². The van der Waals surface area contributed by atoms with Crippen molar-refractivity contribution in [3.8, 4) is 33.4 Å². The van der Waals surface area contributed by atoms with Crippen molar-refractivity contribution in [3.05, 3.63) is 146 Å². The lowest BCUT2D eigenvalue weighted by Crippen LogP contribution is -1.94. The molecule has 0 spiro atoms. The molecule has 1 aliphatic heterocycles. The number of hydrogen-bond donors (Lipinski definition) is 0. The zero-order valence-corrected chi connectivity index (χ0v) is 24.1. The summed E-state index contributed by atoms with van der Waals surface area (Å²) >= 11 is 1.89. The lowest BCUT2D eigenvalue weighted by Gasteiger charge is -2.22. The summed E-state index contributed by atoms with van der Waals surface area (Å²) in [5.74, 6) is 0. The highest BCUT2D eigenvalue weighted by atomic mass is 32.2. The van der Waals surface area contributed by atoms with Crippen molar-refractivity contribution in [1.29, 1.82) is 0 Å². The maximum Gasteiger partial charge on any atom is 0.0207 e. The van der Waals surface area contributed by atoms with Crippen LogP contribution in [0.3, 0.4) is 0 Å². The summed E-state index contributed by atoms with van der Waals surface area (Å²) in [5.41, 5.74) is 7.77. The molecule has 0 fully saturated rings. The predicted molar refractivity (Wildman–Crippen MR) is 186 cm³/mol. The standard InChI is InChI=1S/C42H24S/c1-2-10-30-28(7-1)23-29(31-19-17-27-16-15-25-8-5-9-26-18-20-36(31)41(27)40(25)26)24-37(30)32-21-22-39-42-34(32)12-6-13-35(42)33-11-3-4-14-38(33)43-39/h1-24H. The molecule has 0 saturated heterocycles. The highest BCUT2D eigenvalue weighted by Crippen LogP contribution is 2.50. The molecule has 0 nitrogen and oxygen atoms in total. The van der Waals surface area contributed by atoms with E-state index in [1.54, 1.807) is 0 Å². The second-order valence-electron chi connectivity index (χ2n) is 11.7. The molecule has 0 N–H and O–H groups in total. The van der Waals surface area contributed by atoms with Crippen LogP contribution in [-0.2, 0) is 0 Å². The molecule has 0 saturated carbocycles. The first-order chi connectivity index (χ1) is 21.3. The normalized spacial score (nSPS) is 12.6. The Balaban J connectivity index is 1.28. The van der Waals surface area contributed by atoms with Gasteiger partial charge in [-0.1, -0.05) is 133 Å². The van der Waals surface area contributed by atoms with Gasteiger partial charge in [-0.2, -0.15) is 0 Å². The third-order valence-electron chi connectivity index (χ3n) is 9.39. The Morgan fingerprint density at radius 2 is 0.953 bits per heavy atom. The van der Waals surface area contributed by atoms with Gasteiger partial charge >= 0.3 is 0 Å². The van der Waals surface area contributed by atoms with E-state index in [2.05, 4.69) is 146 Å². The van der Waals surface area contributed by atoms with Gasteiger partial charge in [0.25, 0.3) is 0 Å². The molecule has 9 aromatic carbocycles. The Kier molecular flexibility index (Phi) is 4.75. The van der Waals surface area contributed by atoms with Crippen LogP contribution in [0.1, 0.15) is 0 Å². The minimum Gasteiger partial charge on any atom is -0.0888 e. The number of benzene rings is 9. The Bertz CT molecular complexity index is 2570. The van der Waals surface area contributed by atoms with Crippen LogP contribution in [0.2, 0.25) is 0 Å². The van der Waals surface area contributed by atoms with Crippen LogP contribution < -0.4 is 0 Å². The molecule has 9 aromatic rings. The lowest BCUT2D eigenvalue weighted by molar-refractivity contribution is 1.40. The van der Waals surface area contributed by atoms with Crippen molar-refractivity contribution in [1.82, 2.24) is 0 Å². The lowest BCUT2D eigenvalue weighted by atomic mass is 9.86. The van der Waals surface area contributed by atoms with Gasteiger partial charge in [0.15, 0.2) is 0 Å². The summed E-state index contributed by atoms with van der Waals surface area (Å²) in [6, 6.07) is 54.4. The Hall–Kier alpha value is -5.11. The smallest absolute Gasteiger partial charge is 0.0207 e. The van der Waals surface area contributed by atoms with Crippen LogP contribution in [0.25, 0.3) is 87.2 Å². The quantitative estimate of drug-likeness (QED) is 0.190. The maximum atomic E-state index is 2.43. The van der Waals surface area contributed by atoms with E-state index in [-0.39, 0.29) is 0 Å². The van der Waals surface area contributed by atoms with Crippen molar-refractivity contribution >= 4 is 65.6 Å². The summed E-state index contributed by atoms with van der Waals surface area (Å²) < 4.78 is 0. The van der Waals surface area contributed by atoms with Gasteiger partial charge in [0.05, 0.1) is 0 Å². The molecule has 43 heavy (non-hydrogen) atoms. The number of fused-ring (bicyclic) bond motifs is 3. The first kappa shape index (κ1) is 23.5. The van der Waals surface area contributed by atoms with Gasteiger partial charge < -0.3 is 0 Å². The van der Waals surface area contributed by atoms with E-state index >= 15 is 0 Å². The van der Waals surface area contributed by atoms with Gasteiger partial charge in [-0.05, 0) is 106 Å². The van der Waals surface area contributed by atoms with E-state index in [0.717, 1.165) is 0 Å². The van der Waals surface area contributed by atoms with Gasteiger partial charge in [-0.15, -0.1) is 0 Å². The topological polar surface area (TPSA) is 0 Å². The van der Waals surface area contributed by atoms with E-state index in [0.29, 0.717) is 0 Å². The second-order valence-corrected chi connectivity index (χ2v) is 12.7. The van der Waals surface area contributed by atoms with Crippen molar-refractivity contribution < 1.29 is 0 Å². The Morgan fingerprint density at radius 3 is 1.88 bits per heavy atom. The van der Waals surface area contributed by atoms with E-state index in [4.69, 9.17) is 0 Å². The molecule has 1 heteroatoms. The Labute approximate surface area is 253 Å². The largest absolute Gasteiger partial charge is 0.0888 e. The molecule has 0 aromatic heterocycles. The van der Waals surface area contributed by atoms with E-state index < -0.39 is 0 Å². The summed E-state index contributed by atoms with van der Waals surface area (Å²) in [6.45, 7) is 0. The van der Waals surface area contributed by atoms with Crippen molar-refractivity contribution in [2.75, 3.05) is 0 Å². The van der Waals surface area contributed by atoms with Gasteiger partial charge in [0, 0.05) is 15.2 Å². The zero-order chi connectivity index (χ0) is 28.1. The minimum absolute atomic E-state index is 1.26. The fourth-order valence-electron chi connectivity index (χ4n) is 7.49. The molecule has 198 valence electrons. The molecule has 10 rings (SSSR count). The van der Waals surface area contributed by atoms with Crippen LogP contribution in [0, 0.1) is 0 Å². The summed E-state index contributed by atoms with van der Waals surface area (Å²) in [4.78, 5) is 2.66. The second kappa shape index (κ2) is 8.70. The van der Waals surface area contributed by atoms with E-state index in [9.17, 15) is 0 Å². The maximum absolute atomic E-state index is 2.43. The monoisotopic (exact) mass is 560 g/mol. The fraction of sp³-hybridized carbons (Fsp3) is 0. The minimum atomic E-state index is 1.26. The average Bonchev–Trinajstić information content (AvgIpc) is 3.07. The van der Waals surface area contributed by atoms with Crippen LogP contribution in [-0.4, -0.2) is 0 Å². The zero-order valence-electron chi connectivity index (χ0n) is 23.3. The first-order valence-electron chi connectivity index (χ1n) is 14.8. The number of hydrogen-bond acceptors (Lipinski definition) is 1. The number of rotatable bonds is 2. The molecule has 0 bridgehead atoms. The Morgan fingerprint density at radius 1 is 0.302 bits per heavy atom. The molecule has 0 atom stereocenters. The van der Waals surface area contributed by atoms with Gasteiger partial charge in [0.1, 0.15) is 0 Å². The van der Waals surface area contributed by atoms with Gasteiger partial charge in [-0.25, -0.2) is 0 Å².